The van der Waals surface area contributed by atoms with Crippen LogP contribution in [0.1, 0.15) is 11.1 Å². The third-order valence-corrected chi connectivity index (χ3v) is 6.90. The SMILES string of the molecule is O=C(COc1ccc2ccccc2c1C=Nn1c(-c2cccc(C(F)(F)F)c2)nc2ccccc2c1=O)Nc1cccc(F)c1. The summed E-state index contributed by atoms with van der Waals surface area (Å²) in [5.41, 5.74) is -0.510. The molecule has 0 radical (unpaired) electrons. The molecule has 1 aromatic heterocycles. The van der Waals surface area contributed by atoms with Gasteiger partial charge < -0.3 is 10.1 Å². The molecule has 0 aliphatic carbocycles. The molecule has 0 unspecified atom stereocenters. The van der Waals surface area contributed by atoms with Crippen LogP contribution in [0, 0.1) is 5.82 Å². The van der Waals surface area contributed by atoms with Gasteiger partial charge in [0.05, 0.1) is 22.7 Å². The topological polar surface area (TPSA) is 85.6 Å². The summed E-state index contributed by atoms with van der Waals surface area (Å²) in [5, 5.41) is 8.68. The third-order valence-electron chi connectivity index (χ3n) is 6.90. The van der Waals surface area contributed by atoms with Crippen LogP contribution in [0.25, 0.3) is 33.1 Å². The van der Waals surface area contributed by atoms with Crippen LogP contribution < -0.4 is 15.6 Å². The van der Waals surface area contributed by atoms with Gasteiger partial charge >= 0.3 is 6.18 Å². The highest BCUT2D eigenvalue weighted by molar-refractivity contribution is 6.02. The number of hydrogen-bond donors (Lipinski definition) is 1. The van der Waals surface area contributed by atoms with Crippen LogP contribution in [-0.4, -0.2) is 28.4 Å². The molecule has 0 aliphatic rings. The van der Waals surface area contributed by atoms with Gasteiger partial charge in [-0.15, -0.1) is 0 Å². The molecule has 0 fully saturated rings. The Morgan fingerprint density at radius 2 is 1.64 bits per heavy atom. The van der Waals surface area contributed by atoms with Crippen LogP contribution in [-0.2, 0) is 11.0 Å². The fourth-order valence-corrected chi connectivity index (χ4v) is 4.81. The lowest BCUT2D eigenvalue weighted by Crippen LogP contribution is -2.21. The highest BCUT2D eigenvalue weighted by Crippen LogP contribution is 2.32. The molecule has 224 valence electrons. The number of carbonyl (C=O) groups excluding carboxylic acids is 1. The van der Waals surface area contributed by atoms with E-state index in [9.17, 15) is 27.2 Å². The van der Waals surface area contributed by atoms with E-state index in [2.05, 4.69) is 15.4 Å². The molecule has 0 saturated heterocycles. The van der Waals surface area contributed by atoms with Crippen LogP contribution in [0.2, 0.25) is 0 Å². The minimum absolute atomic E-state index is 0.0354. The Hall–Kier alpha value is -5.84. The molecular weight excluding hydrogens is 588 g/mol. The predicted molar refractivity (Wildman–Crippen MR) is 164 cm³/mol. The molecule has 45 heavy (non-hydrogen) atoms. The number of alkyl halides is 3. The fraction of sp³-hybridized carbons (Fsp3) is 0.0588. The van der Waals surface area contributed by atoms with Gasteiger partial charge in [0.1, 0.15) is 11.6 Å². The number of ether oxygens (including phenoxy) is 1. The number of amides is 1. The van der Waals surface area contributed by atoms with Crippen LogP contribution in [0.3, 0.4) is 0 Å². The second-order valence-corrected chi connectivity index (χ2v) is 9.94. The van der Waals surface area contributed by atoms with E-state index >= 15 is 0 Å². The summed E-state index contributed by atoms with van der Waals surface area (Å²) in [4.78, 5) is 30.8. The minimum atomic E-state index is -4.61. The largest absolute Gasteiger partial charge is 0.483 e. The van der Waals surface area contributed by atoms with Crippen LogP contribution >= 0.6 is 0 Å². The maximum Gasteiger partial charge on any atom is 0.416 e. The molecule has 0 atom stereocenters. The number of nitrogens with one attached hydrogen (secondary N) is 1. The number of carbonyl (C=O) groups is 1. The van der Waals surface area contributed by atoms with Gasteiger partial charge in [0.15, 0.2) is 12.4 Å². The molecule has 7 nitrogen and oxygen atoms in total. The second kappa shape index (κ2) is 12.0. The van der Waals surface area contributed by atoms with Gasteiger partial charge in [0.2, 0.25) is 0 Å². The van der Waals surface area contributed by atoms with Gasteiger partial charge in [0.25, 0.3) is 11.5 Å². The number of fused-ring (bicyclic) bond motifs is 2. The van der Waals surface area contributed by atoms with Crippen molar-refractivity contribution in [3.8, 4) is 17.1 Å². The Morgan fingerprint density at radius 3 is 2.44 bits per heavy atom. The first kappa shape index (κ1) is 29.2. The van der Waals surface area contributed by atoms with E-state index in [-0.39, 0.29) is 28.2 Å². The molecule has 1 amide bonds. The zero-order valence-electron chi connectivity index (χ0n) is 23.3. The second-order valence-electron chi connectivity index (χ2n) is 9.94. The first-order valence-electron chi connectivity index (χ1n) is 13.6. The summed E-state index contributed by atoms with van der Waals surface area (Å²) in [6.07, 6.45) is -3.27. The van der Waals surface area contributed by atoms with E-state index in [1.807, 2.05) is 12.1 Å². The van der Waals surface area contributed by atoms with Crippen molar-refractivity contribution in [3.63, 3.8) is 0 Å². The van der Waals surface area contributed by atoms with Gasteiger partial charge in [-0.2, -0.15) is 22.9 Å². The summed E-state index contributed by atoms with van der Waals surface area (Å²) in [6, 6.07) is 27.1. The first-order valence-corrected chi connectivity index (χ1v) is 13.6. The van der Waals surface area contributed by atoms with Crippen molar-refractivity contribution in [3.05, 3.63) is 136 Å². The molecule has 0 aliphatic heterocycles. The number of hydrogen-bond acceptors (Lipinski definition) is 5. The highest BCUT2D eigenvalue weighted by Gasteiger charge is 2.31. The molecule has 11 heteroatoms. The zero-order chi connectivity index (χ0) is 31.6. The van der Waals surface area contributed by atoms with Crippen molar-refractivity contribution in [2.24, 2.45) is 5.10 Å². The van der Waals surface area contributed by atoms with Crippen LogP contribution in [0.15, 0.2) is 119 Å². The lowest BCUT2D eigenvalue weighted by molar-refractivity contribution is -0.137. The zero-order valence-corrected chi connectivity index (χ0v) is 23.3. The Morgan fingerprint density at radius 1 is 0.889 bits per heavy atom. The van der Waals surface area contributed by atoms with E-state index in [1.165, 1.54) is 42.6 Å². The molecule has 6 aromatic rings. The molecule has 6 rings (SSSR count). The standard InChI is InChI=1S/C34H22F4N4O3/c35-24-10-6-11-25(18-24)40-31(43)20-45-30-16-15-21-7-1-2-12-26(21)28(30)19-39-42-32(22-8-5-9-23(17-22)34(36,37)38)41-29-14-4-3-13-27(29)33(42)44/h1-19H,20H2,(H,40,43). The maximum absolute atomic E-state index is 13.7. The quantitative estimate of drug-likeness (QED) is 0.152. The molecule has 0 spiro atoms. The van der Waals surface area contributed by atoms with E-state index in [0.29, 0.717) is 16.5 Å². The average molecular weight is 611 g/mol. The van der Waals surface area contributed by atoms with Crippen LogP contribution in [0.5, 0.6) is 5.75 Å². The summed E-state index contributed by atoms with van der Waals surface area (Å²) < 4.78 is 61.0. The van der Waals surface area contributed by atoms with E-state index < -0.39 is 35.6 Å². The molecule has 1 N–H and O–H groups in total. The summed E-state index contributed by atoms with van der Waals surface area (Å²) in [5.74, 6) is -0.907. The molecule has 0 saturated carbocycles. The average Bonchev–Trinajstić information content (AvgIpc) is 3.03. The molecule has 1 heterocycles. The fourth-order valence-electron chi connectivity index (χ4n) is 4.81. The number of para-hydroxylation sites is 1. The van der Waals surface area contributed by atoms with Crippen molar-refractivity contribution in [1.82, 2.24) is 9.66 Å². The maximum atomic E-state index is 13.7. The Kier molecular flexibility index (Phi) is 7.82. The molecule has 5 aromatic carbocycles. The van der Waals surface area contributed by atoms with Gasteiger partial charge in [-0.3, -0.25) is 9.59 Å². The van der Waals surface area contributed by atoms with E-state index in [1.54, 1.807) is 48.5 Å². The number of nitrogens with zero attached hydrogens (tertiary/aromatic N) is 3. The summed E-state index contributed by atoms with van der Waals surface area (Å²) in [7, 11) is 0. The first-order chi connectivity index (χ1) is 21.7. The Bertz CT molecular complexity index is 2160. The third kappa shape index (κ3) is 6.28. The van der Waals surface area contributed by atoms with Crippen molar-refractivity contribution in [2.45, 2.75) is 6.18 Å². The lowest BCUT2D eigenvalue weighted by atomic mass is 10.0. The smallest absolute Gasteiger partial charge is 0.416 e. The van der Waals surface area contributed by atoms with Gasteiger partial charge in [-0.25, -0.2) is 9.37 Å². The Labute approximate surface area is 253 Å². The van der Waals surface area contributed by atoms with Crippen molar-refractivity contribution in [2.75, 3.05) is 11.9 Å². The normalized spacial score (nSPS) is 11.7. The van der Waals surface area contributed by atoms with Crippen molar-refractivity contribution in [1.29, 1.82) is 0 Å². The molecular formula is C34H22F4N4O3. The predicted octanol–water partition coefficient (Wildman–Crippen LogP) is 7.27. The minimum Gasteiger partial charge on any atom is -0.483 e. The number of halogens is 4. The van der Waals surface area contributed by atoms with Gasteiger partial charge in [-0.1, -0.05) is 60.7 Å². The highest BCUT2D eigenvalue weighted by atomic mass is 19.4. The number of benzene rings is 5. The van der Waals surface area contributed by atoms with Gasteiger partial charge in [0, 0.05) is 16.8 Å². The summed E-state index contributed by atoms with van der Waals surface area (Å²) >= 11 is 0. The molecule has 0 bridgehead atoms. The van der Waals surface area contributed by atoms with E-state index in [4.69, 9.17) is 4.74 Å². The van der Waals surface area contributed by atoms with Crippen LogP contribution in [0.4, 0.5) is 23.2 Å². The van der Waals surface area contributed by atoms with Crippen molar-refractivity contribution < 1.29 is 27.1 Å². The van der Waals surface area contributed by atoms with Crippen molar-refractivity contribution >= 4 is 39.5 Å². The number of rotatable bonds is 7. The van der Waals surface area contributed by atoms with Gasteiger partial charge in [-0.05, 0) is 59.3 Å². The monoisotopic (exact) mass is 610 g/mol. The number of anilines is 1. The number of aromatic nitrogens is 2. The Balaban J connectivity index is 1.43. The van der Waals surface area contributed by atoms with E-state index in [0.717, 1.165) is 22.2 Å². The lowest BCUT2D eigenvalue weighted by Gasteiger charge is -2.14. The summed E-state index contributed by atoms with van der Waals surface area (Å²) in [6.45, 7) is -0.428.